The van der Waals surface area contributed by atoms with Gasteiger partial charge in [0.15, 0.2) is 0 Å². The van der Waals surface area contributed by atoms with E-state index >= 15 is 0 Å². The summed E-state index contributed by atoms with van der Waals surface area (Å²) in [5, 5.41) is 2.78. The summed E-state index contributed by atoms with van der Waals surface area (Å²) in [6.45, 7) is 6.18. The second kappa shape index (κ2) is 10.9. The molecule has 0 spiro atoms. The van der Waals surface area contributed by atoms with Gasteiger partial charge in [0, 0.05) is 17.1 Å². The van der Waals surface area contributed by atoms with Crippen LogP contribution in [0.2, 0.25) is 0 Å². The molecule has 0 atom stereocenters. The first-order valence-corrected chi connectivity index (χ1v) is 12.2. The lowest BCUT2D eigenvalue weighted by Gasteiger charge is -2.12. The lowest BCUT2D eigenvalue weighted by atomic mass is 10.2. The summed E-state index contributed by atoms with van der Waals surface area (Å²) in [4.78, 5) is 21.0. The fourth-order valence-electron chi connectivity index (χ4n) is 3.18. The number of unbranched alkanes of at least 4 members (excludes halogenated alkanes) is 2. The highest BCUT2D eigenvalue weighted by Gasteiger charge is 2.17. The van der Waals surface area contributed by atoms with Gasteiger partial charge in [-0.2, -0.15) is 0 Å². The maximum absolute atomic E-state index is 12.8. The van der Waals surface area contributed by atoms with Crippen LogP contribution in [-0.4, -0.2) is 30.9 Å². The molecule has 0 aliphatic rings. The van der Waals surface area contributed by atoms with Crippen molar-refractivity contribution in [2.24, 2.45) is 0 Å². The third-order valence-electron chi connectivity index (χ3n) is 4.77. The molecule has 8 nitrogen and oxygen atoms in total. The van der Waals surface area contributed by atoms with E-state index in [0.717, 1.165) is 19.3 Å². The first-order chi connectivity index (χ1) is 15.8. The molecule has 33 heavy (non-hydrogen) atoms. The molecule has 9 heteroatoms. The number of aromatic nitrogens is 2. The van der Waals surface area contributed by atoms with E-state index in [1.807, 2.05) is 6.07 Å². The maximum Gasteiger partial charge on any atom is 0.264 e. The molecule has 174 valence electrons. The monoisotopic (exact) mass is 468 g/mol. The van der Waals surface area contributed by atoms with Crippen LogP contribution in [0.15, 0.2) is 59.5 Å². The van der Waals surface area contributed by atoms with Crippen molar-refractivity contribution < 1.29 is 17.9 Å². The Morgan fingerprint density at radius 1 is 0.970 bits per heavy atom. The Labute approximate surface area is 194 Å². The summed E-state index contributed by atoms with van der Waals surface area (Å²) in [5.41, 5.74) is 2.20. The molecule has 1 amide bonds. The van der Waals surface area contributed by atoms with E-state index in [0.29, 0.717) is 35.0 Å². The quantitative estimate of drug-likeness (QED) is 0.417. The number of carbonyl (C=O) groups is 1. The standard InChI is InChI=1S/C24H28N4O4S/c1-4-5-8-15-32-22-10-7-6-9-21(22)23(29)27-19-11-13-20(14-12-19)33(30,31)28-24-25-17(2)16-18(3)26-24/h6-7,9-14,16H,4-5,8,15H2,1-3H3,(H,27,29)(H,25,26,28). The highest BCUT2D eigenvalue weighted by Crippen LogP contribution is 2.22. The van der Waals surface area contributed by atoms with Crippen LogP contribution in [0.3, 0.4) is 0 Å². The third kappa shape index (κ3) is 6.76. The van der Waals surface area contributed by atoms with Gasteiger partial charge in [0.25, 0.3) is 15.9 Å². The molecule has 2 aromatic carbocycles. The zero-order valence-electron chi connectivity index (χ0n) is 19.0. The number of sulfonamides is 1. The van der Waals surface area contributed by atoms with Crippen LogP contribution in [0.5, 0.6) is 5.75 Å². The molecule has 0 bridgehead atoms. The largest absolute Gasteiger partial charge is 0.493 e. The first-order valence-electron chi connectivity index (χ1n) is 10.8. The molecule has 3 rings (SSSR count). The van der Waals surface area contributed by atoms with E-state index in [9.17, 15) is 13.2 Å². The minimum absolute atomic E-state index is 0.0143. The topological polar surface area (TPSA) is 110 Å². The fourth-order valence-corrected chi connectivity index (χ4v) is 4.12. The number of nitrogens with zero attached hydrogens (tertiary/aromatic N) is 2. The van der Waals surface area contributed by atoms with Gasteiger partial charge in [-0.15, -0.1) is 0 Å². The zero-order chi connectivity index (χ0) is 23.8. The van der Waals surface area contributed by atoms with E-state index < -0.39 is 10.0 Å². The molecule has 3 aromatic rings. The Bertz CT molecular complexity index is 1190. The Kier molecular flexibility index (Phi) is 8.00. The number of benzene rings is 2. The second-order valence-electron chi connectivity index (χ2n) is 7.61. The van der Waals surface area contributed by atoms with Gasteiger partial charge in [0.2, 0.25) is 5.95 Å². The maximum atomic E-state index is 12.8. The van der Waals surface area contributed by atoms with E-state index in [4.69, 9.17) is 4.74 Å². The fraction of sp³-hybridized carbons (Fsp3) is 0.292. The highest BCUT2D eigenvalue weighted by atomic mass is 32.2. The molecule has 2 N–H and O–H groups in total. The number of para-hydroxylation sites is 1. The Morgan fingerprint density at radius 3 is 2.30 bits per heavy atom. The number of hydrogen-bond donors (Lipinski definition) is 2. The minimum atomic E-state index is -3.87. The van der Waals surface area contributed by atoms with Gasteiger partial charge < -0.3 is 10.1 Å². The average molecular weight is 469 g/mol. The van der Waals surface area contributed by atoms with Crippen LogP contribution in [0.25, 0.3) is 0 Å². The molecule has 1 aromatic heterocycles. The number of amides is 1. The average Bonchev–Trinajstić information content (AvgIpc) is 2.76. The zero-order valence-corrected chi connectivity index (χ0v) is 19.8. The molecule has 0 aliphatic carbocycles. The van der Waals surface area contributed by atoms with Crippen molar-refractivity contribution in [3.05, 3.63) is 71.5 Å². The smallest absolute Gasteiger partial charge is 0.264 e. The van der Waals surface area contributed by atoms with Gasteiger partial charge in [0.1, 0.15) is 5.75 Å². The molecular weight excluding hydrogens is 440 g/mol. The van der Waals surface area contributed by atoms with Crippen LogP contribution in [0, 0.1) is 13.8 Å². The number of anilines is 2. The number of ether oxygens (including phenoxy) is 1. The van der Waals surface area contributed by atoms with E-state index in [2.05, 4.69) is 26.9 Å². The van der Waals surface area contributed by atoms with Crippen LogP contribution >= 0.6 is 0 Å². The van der Waals surface area contributed by atoms with Crippen molar-refractivity contribution in [1.29, 1.82) is 0 Å². The van der Waals surface area contributed by atoms with Gasteiger partial charge in [-0.1, -0.05) is 31.9 Å². The summed E-state index contributed by atoms with van der Waals surface area (Å²) < 4.78 is 33.5. The summed E-state index contributed by atoms with van der Waals surface area (Å²) >= 11 is 0. The predicted molar refractivity (Wildman–Crippen MR) is 128 cm³/mol. The van der Waals surface area contributed by atoms with Crippen LogP contribution < -0.4 is 14.8 Å². The predicted octanol–water partition coefficient (Wildman–Crippen LogP) is 4.72. The third-order valence-corrected chi connectivity index (χ3v) is 6.11. The van der Waals surface area contributed by atoms with Crippen LogP contribution in [0.4, 0.5) is 11.6 Å². The van der Waals surface area contributed by atoms with Crippen LogP contribution in [0.1, 0.15) is 47.9 Å². The van der Waals surface area contributed by atoms with Gasteiger partial charge in [-0.05, 0) is 62.7 Å². The number of rotatable bonds is 10. The summed E-state index contributed by atoms with van der Waals surface area (Å²) in [6, 6.07) is 14.7. The molecule has 0 radical (unpaired) electrons. The van der Waals surface area contributed by atoms with Crippen molar-refractivity contribution in [3.63, 3.8) is 0 Å². The molecule has 0 fully saturated rings. The number of carbonyl (C=O) groups excluding carboxylic acids is 1. The van der Waals surface area contributed by atoms with Gasteiger partial charge in [-0.25, -0.2) is 23.1 Å². The molecule has 0 unspecified atom stereocenters. The number of aryl methyl sites for hydroxylation is 2. The molecular formula is C24H28N4O4S. The van der Waals surface area contributed by atoms with E-state index in [-0.39, 0.29) is 16.8 Å². The van der Waals surface area contributed by atoms with Gasteiger partial charge in [-0.3, -0.25) is 4.79 Å². The number of nitrogens with one attached hydrogen (secondary N) is 2. The summed E-state index contributed by atoms with van der Waals surface area (Å²) in [6.07, 6.45) is 3.07. The lowest BCUT2D eigenvalue weighted by Crippen LogP contribution is -2.16. The van der Waals surface area contributed by atoms with E-state index in [1.165, 1.54) is 24.3 Å². The first kappa shape index (κ1) is 24.2. The van der Waals surface area contributed by atoms with Crippen molar-refractivity contribution in [2.45, 2.75) is 44.9 Å². The Balaban J connectivity index is 1.69. The summed E-state index contributed by atoms with van der Waals surface area (Å²) in [7, 11) is -3.87. The Hall–Kier alpha value is -3.46. The van der Waals surface area contributed by atoms with Crippen molar-refractivity contribution in [3.8, 4) is 5.75 Å². The highest BCUT2D eigenvalue weighted by molar-refractivity contribution is 7.92. The van der Waals surface area contributed by atoms with Crippen molar-refractivity contribution >= 4 is 27.6 Å². The van der Waals surface area contributed by atoms with Crippen molar-refractivity contribution in [2.75, 3.05) is 16.6 Å². The molecule has 1 heterocycles. The van der Waals surface area contributed by atoms with Crippen LogP contribution in [-0.2, 0) is 10.0 Å². The normalized spacial score (nSPS) is 11.1. The molecule has 0 aliphatic heterocycles. The Morgan fingerprint density at radius 2 is 1.64 bits per heavy atom. The SMILES string of the molecule is CCCCCOc1ccccc1C(=O)Nc1ccc(S(=O)(=O)Nc2nc(C)cc(C)n2)cc1. The van der Waals surface area contributed by atoms with Crippen molar-refractivity contribution in [1.82, 2.24) is 9.97 Å². The lowest BCUT2D eigenvalue weighted by molar-refractivity contribution is 0.102. The number of hydrogen-bond acceptors (Lipinski definition) is 6. The second-order valence-corrected chi connectivity index (χ2v) is 9.29. The summed E-state index contributed by atoms with van der Waals surface area (Å²) in [5.74, 6) is 0.196. The van der Waals surface area contributed by atoms with E-state index in [1.54, 1.807) is 38.1 Å². The minimum Gasteiger partial charge on any atom is -0.493 e. The molecule has 0 saturated heterocycles. The van der Waals surface area contributed by atoms with Gasteiger partial charge >= 0.3 is 0 Å². The molecule has 0 saturated carbocycles. The van der Waals surface area contributed by atoms with Gasteiger partial charge in [0.05, 0.1) is 17.1 Å².